The van der Waals surface area contributed by atoms with Gasteiger partial charge in [-0.2, -0.15) is 52.7 Å². The van der Waals surface area contributed by atoms with Crippen LogP contribution in [-0.4, -0.2) is 70.8 Å². The third-order valence-electron chi connectivity index (χ3n) is 23.9. The summed E-state index contributed by atoms with van der Waals surface area (Å²) in [5.41, 5.74) is -1.84. The Bertz CT molecular complexity index is 5710. The van der Waals surface area contributed by atoms with Gasteiger partial charge in [0.2, 0.25) is 0 Å². The van der Waals surface area contributed by atoms with Crippen LogP contribution in [0, 0.1) is 24.1 Å². The molecule has 10 aromatic rings. The zero-order valence-corrected chi connectivity index (χ0v) is 67.8. The number of hydrogen-bond donors (Lipinski definition) is 0. The van der Waals surface area contributed by atoms with Crippen LogP contribution in [0.25, 0.3) is 61.6 Å². The maximum Gasteiger partial charge on any atom is 0.743 e. The van der Waals surface area contributed by atoms with Crippen LogP contribution in [-0.2, 0) is 37.4 Å². The summed E-state index contributed by atoms with van der Waals surface area (Å²) in [5.74, 6) is -0.425. The fraction of sp³-hybridized carbons (Fsp3) is 0.305. The molecule has 2 atom stereocenters. The van der Waals surface area contributed by atoms with Gasteiger partial charge in [0, 0.05) is 68.0 Å². The lowest BCUT2D eigenvalue weighted by molar-refractivity contribution is -0.464. The van der Waals surface area contributed by atoms with E-state index < -0.39 is 89.8 Å². The van der Waals surface area contributed by atoms with Gasteiger partial charge in [-0.15, -0.1) is 0 Å². The largest absolute Gasteiger partial charge is 0.743 e. The molecule has 0 radical (unpaired) electrons. The summed E-state index contributed by atoms with van der Waals surface area (Å²) < 4.78 is 229. The van der Waals surface area contributed by atoms with E-state index in [9.17, 15) is 4.39 Å². The molecule has 0 spiro atoms. The van der Waals surface area contributed by atoms with Crippen LogP contribution in [0.15, 0.2) is 240 Å². The lowest BCUT2D eigenvalue weighted by Crippen LogP contribution is -2.79. The van der Waals surface area contributed by atoms with Crippen molar-refractivity contribution in [2.45, 2.75) is 174 Å². The van der Waals surface area contributed by atoms with E-state index in [4.69, 9.17) is 19.3 Å². The first-order chi connectivity index (χ1) is 55.2. The number of fused-ring (bicyclic) bond motifs is 3. The maximum atomic E-state index is 15.7. The first-order valence-corrected chi connectivity index (χ1v) is 39.1. The molecule has 1 fully saturated rings. The van der Waals surface area contributed by atoms with Gasteiger partial charge < -0.3 is 27.6 Å². The Balaban J connectivity index is 0.813. The second-order valence-electron chi connectivity index (χ2n) is 35.3. The number of hydrogen-bond acceptors (Lipinski definition) is 6. The van der Waals surface area contributed by atoms with E-state index in [1.165, 1.54) is 37.3 Å². The Labute approximate surface area is 678 Å². The third-order valence-corrected chi connectivity index (χ3v) is 23.9. The topological polar surface area (TPSA) is 71.5 Å². The number of alkyl halides is 12. The van der Waals surface area contributed by atoms with Gasteiger partial charge in [-0.1, -0.05) is 276 Å². The van der Waals surface area contributed by atoms with E-state index in [0.29, 0.717) is 51.3 Å². The highest BCUT2D eigenvalue weighted by atomic mass is 19.4. The van der Waals surface area contributed by atoms with Crippen LogP contribution in [0.3, 0.4) is 0 Å². The van der Waals surface area contributed by atoms with Gasteiger partial charge in [0.15, 0.2) is 0 Å². The average Bonchev–Trinajstić information content (AvgIpc) is 1.45. The summed E-state index contributed by atoms with van der Waals surface area (Å²) in [6.07, 6.45) is -21.9. The zero-order valence-electron chi connectivity index (χ0n) is 67.8. The van der Waals surface area contributed by atoms with E-state index >= 15 is 52.7 Å². The highest BCUT2D eigenvalue weighted by Crippen LogP contribution is 2.67. The van der Waals surface area contributed by atoms with Crippen molar-refractivity contribution in [1.29, 1.82) is 0 Å². The number of allylic oxidation sites excluding steroid dienone is 6. The molecule has 1 aliphatic carbocycles. The standard InChI is InChI=1S/C95H87B2F13N4O4/c1-55-23-27-64(28-24-55)81-74-22-18-19-50-89(74,15)84(112-81)57(3)83-73(60-33-41-66(42-34-60)86(7,8)9)54-76(114(83)97-117-90(92(99,100)101,93(102,103)104)91(118-97,94(105,106)107)95(108,109)110)62-37-45-68(46-38-62)88(13,14)51-49-58-25-29-63(30-26-58)80-71-21-17-16-20-70(71)79(111-80)56(2)82-72(59-31-39-65(40-32-59)85(4,5)6)53-75(61-35-43-67(44-36-61)87(10,11)12)113(82)96-115-77-48-47-69(98)52-78(77)116-96/h16-48,50,52-54,74H,49,51H2,1-15H3/b79-56-,84-57-. The predicted molar refractivity (Wildman–Crippen MR) is 441 cm³/mol. The fourth-order valence-corrected chi connectivity index (χ4v) is 17.1. The summed E-state index contributed by atoms with van der Waals surface area (Å²) in [6.45, 7) is 29.8. The summed E-state index contributed by atoms with van der Waals surface area (Å²) in [7, 11) is -4.83. The molecule has 0 saturated carbocycles. The number of nitrogens with zero attached hydrogens (tertiary/aromatic N) is 4. The molecule has 118 heavy (non-hydrogen) atoms. The van der Waals surface area contributed by atoms with Crippen LogP contribution in [0.4, 0.5) is 57.1 Å². The third kappa shape index (κ3) is 14.0. The smallest absolute Gasteiger partial charge is 0.503 e. The molecule has 0 amide bonds. The first kappa shape index (κ1) is 82.5. The normalized spacial score (nSPS) is 18.9. The van der Waals surface area contributed by atoms with E-state index in [-0.39, 0.29) is 44.5 Å². The second-order valence-corrected chi connectivity index (χ2v) is 35.3. The van der Waals surface area contributed by atoms with Crippen molar-refractivity contribution in [2.75, 3.05) is 0 Å². The number of halogens is 13. The van der Waals surface area contributed by atoms with Crippen molar-refractivity contribution < 1.29 is 75.7 Å². The summed E-state index contributed by atoms with van der Waals surface area (Å²) in [4.78, 5) is 10.7. The molecular formula is C95H87B2F13N4O4. The predicted octanol–water partition coefficient (Wildman–Crippen LogP) is 25.8. The number of aliphatic imine (C=N–C) groups is 2. The fourth-order valence-electron chi connectivity index (χ4n) is 17.1. The van der Waals surface area contributed by atoms with E-state index in [1.54, 1.807) is 67.6 Å². The number of aromatic nitrogens is 2. The van der Waals surface area contributed by atoms with Crippen LogP contribution in [0.5, 0.6) is 11.5 Å². The van der Waals surface area contributed by atoms with Crippen molar-refractivity contribution in [3.8, 4) is 56.3 Å². The maximum absolute atomic E-state index is 15.7. The van der Waals surface area contributed by atoms with Crippen LogP contribution >= 0.6 is 0 Å². The molecule has 8 nitrogen and oxygen atoms in total. The summed E-state index contributed by atoms with van der Waals surface area (Å²) >= 11 is 0. The summed E-state index contributed by atoms with van der Waals surface area (Å²) in [5, 5.41) is 0. The van der Waals surface area contributed by atoms with E-state index in [2.05, 4.69) is 105 Å². The molecule has 0 N–H and O–H groups in total. The van der Waals surface area contributed by atoms with Crippen LogP contribution in [0.1, 0.15) is 170 Å². The molecule has 23 heteroatoms. The Morgan fingerprint density at radius 1 is 0.441 bits per heavy atom. The molecule has 4 aliphatic heterocycles. The minimum absolute atomic E-state index is 0.0295. The van der Waals surface area contributed by atoms with E-state index in [0.717, 1.165) is 78.2 Å². The van der Waals surface area contributed by atoms with Crippen molar-refractivity contribution in [3.63, 3.8) is 0 Å². The van der Waals surface area contributed by atoms with Crippen LogP contribution in [0.2, 0.25) is 0 Å². The van der Waals surface area contributed by atoms with Gasteiger partial charge in [0.05, 0.1) is 22.8 Å². The SMILES string of the molecule is C/C(=C1/N=C(c2ccc(CCC(C)(C)c3ccc(-c4cc(-c5ccc(C(C)(C)C)cc5)c(/C(C)=C5\N=C(c6ccc(C)cc6)C6C=CC=CC56C)n4B4OC(C(F)(F)F)(C(F)(F)F)C(C(F)(F)F)(C(F)(F)F)O4)cc3)cc2)c2ccccc21)c1c(-c2ccc(C(C)(C)C)cc2)cc(-c2ccc(C(C)(C)C)cc2)n1B1Oc2ccc(F)cc2O1. The monoisotopic (exact) mass is 1620 g/mol. The molecule has 6 heterocycles. The van der Waals surface area contributed by atoms with E-state index in [1.807, 2.05) is 132 Å². The molecular weight excluding hydrogens is 1530 g/mol. The van der Waals surface area contributed by atoms with Gasteiger partial charge >= 0.3 is 39.2 Å². The molecule has 5 aliphatic rings. The summed E-state index contributed by atoms with van der Waals surface area (Å²) in [6, 6.07) is 60.8. The van der Waals surface area contributed by atoms with Gasteiger partial charge in [-0.3, -0.25) is 4.99 Å². The van der Waals surface area contributed by atoms with Gasteiger partial charge in [-0.05, 0) is 153 Å². The Morgan fingerprint density at radius 3 is 1.36 bits per heavy atom. The number of benzene rings is 8. The highest BCUT2D eigenvalue weighted by Gasteiger charge is 2.99. The molecule has 1 saturated heterocycles. The molecule has 0 bridgehead atoms. The van der Waals surface area contributed by atoms with Crippen molar-refractivity contribution in [3.05, 3.63) is 303 Å². The molecule has 608 valence electrons. The average molecular weight is 1620 g/mol. The first-order valence-electron chi connectivity index (χ1n) is 39.1. The molecule has 8 aromatic carbocycles. The Morgan fingerprint density at radius 2 is 0.873 bits per heavy atom. The minimum Gasteiger partial charge on any atom is -0.503 e. The number of rotatable bonds is 14. The van der Waals surface area contributed by atoms with Gasteiger partial charge in [0.1, 0.15) is 17.3 Å². The highest BCUT2D eigenvalue weighted by molar-refractivity contribution is 6.48. The van der Waals surface area contributed by atoms with Crippen molar-refractivity contribution >= 4 is 42.8 Å². The lowest BCUT2D eigenvalue weighted by atomic mass is 9.70. The van der Waals surface area contributed by atoms with Crippen molar-refractivity contribution in [2.24, 2.45) is 21.3 Å². The number of aryl methyl sites for hydroxylation is 2. The Hall–Kier alpha value is -10.6. The lowest BCUT2D eigenvalue weighted by Gasteiger charge is -2.45. The van der Waals surface area contributed by atoms with Gasteiger partial charge in [0.25, 0.3) is 11.2 Å². The molecule has 2 unspecified atom stereocenters. The Kier molecular flexibility index (Phi) is 20.1. The minimum atomic E-state index is -7.49. The second kappa shape index (κ2) is 28.8. The zero-order chi connectivity index (χ0) is 84.9. The van der Waals surface area contributed by atoms with Gasteiger partial charge in [-0.25, -0.2) is 9.38 Å². The van der Waals surface area contributed by atoms with Crippen LogP contribution < -0.4 is 9.31 Å². The van der Waals surface area contributed by atoms with Crippen molar-refractivity contribution in [1.82, 2.24) is 8.96 Å². The molecule has 2 aromatic heterocycles. The quantitative estimate of drug-likeness (QED) is 0.0803. The molecule has 15 rings (SSSR count).